The maximum atomic E-state index is 13.9. The van der Waals surface area contributed by atoms with Gasteiger partial charge in [0.1, 0.15) is 41.2 Å². The average Bonchev–Trinajstić information content (AvgIpc) is 3.18. The number of ketones is 3. The van der Waals surface area contributed by atoms with Crippen molar-refractivity contribution in [1.29, 1.82) is 0 Å². The number of rotatable bonds is 14. The SMILES string of the molecule is CCOC(CCCN[C@@H]1C[C@H](OC2CC(O)(C(C)=O)Cc3c(O)c4c(c(O)c32)C(=O)c2c(OC)cccc2C4=O)O[C@@H](C)[C@H]1O)O[C@@H]1O[C@H](C(=O)O)[C@@H](O)[C@H](O)[C@H]1O. The summed E-state index contributed by atoms with van der Waals surface area (Å²) in [6.07, 6.45) is -14.8. The lowest BCUT2D eigenvalue weighted by Gasteiger charge is -2.43. The summed E-state index contributed by atoms with van der Waals surface area (Å²) in [5.74, 6) is -5.10. The molecule has 2 aromatic rings. The van der Waals surface area contributed by atoms with Gasteiger partial charge in [-0.05, 0) is 46.2 Å². The molecule has 58 heavy (non-hydrogen) atoms. The van der Waals surface area contributed by atoms with Crippen LogP contribution in [0.15, 0.2) is 18.2 Å². The van der Waals surface area contributed by atoms with Crippen LogP contribution in [-0.2, 0) is 39.7 Å². The number of carboxylic acids is 1. The first-order valence-electron chi connectivity index (χ1n) is 19.0. The molecule has 0 amide bonds. The summed E-state index contributed by atoms with van der Waals surface area (Å²) < 4.78 is 34.1. The van der Waals surface area contributed by atoms with E-state index in [1.54, 1.807) is 13.8 Å². The Morgan fingerprint density at radius 2 is 1.69 bits per heavy atom. The van der Waals surface area contributed by atoms with Gasteiger partial charge in [-0.1, -0.05) is 12.1 Å². The van der Waals surface area contributed by atoms with Crippen molar-refractivity contribution in [2.24, 2.45) is 0 Å². The first-order chi connectivity index (χ1) is 27.4. The number of hydrogen-bond donors (Lipinski definition) is 9. The Kier molecular flexibility index (Phi) is 12.9. The van der Waals surface area contributed by atoms with E-state index in [9.17, 15) is 60.0 Å². The molecule has 19 heteroatoms. The predicted molar refractivity (Wildman–Crippen MR) is 194 cm³/mol. The minimum Gasteiger partial charge on any atom is -0.507 e. The topological polar surface area (TPSA) is 298 Å². The standard InChI is InChI=1S/C39H49NO18/c1-5-54-22(57-38-35(49)33(47)34(48)36(58-38)37(50)51)10-7-11-40-19-12-23(55-15(2)28(19)42)56-21-14-39(52,16(3)41)13-18-25(21)32(46)27-26(30(18)44)29(43)17-8-6-9-20(53-4)24(17)31(27)45/h6,8-9,15,19,21-23,28,33-36,38,40,42,44,46-49,52H,5,7,10-14H2,1-4H3,(H,50,51)/t15-,19+,21?,22?,23-,28+,33-,34-,35+,36-,38+,39?/m0/s1. The van der Waals surface area contributed by atoms with Gasteiger partial charge >= 0.3 is 5.97 Å². The van der Waals surface area contributed by atoms with E-state index in [1.165, 1.54) is 25.3 Å². The Morgan fingerprint density at radius 1 is 0.983 bits per heavy atom. The molecule has 9 N–H and O–H groups in total. The van der Waals surface area contributed by atoms with Crippen LogP contribution in [0.25, 0.3) is 0 Å². The molecule has 2 fully saturated rings. The highest BCUT2D eigenvalue weighted by molar-refractivity contribution is 6.31. The lowest BCUT2D eigenvalue weighted by molar-refractivity contribution is -0.331. The van der Waals surface area contributed by atoms with Crippen molar-refractivity contribution >= 4 is 23.3 Å². The van der Waals surface area contributed by atoms with E-state index in [0.717, 1.165) is 6.92 Å². The number of fused-ring (bicyclic) bond motifs is 3. The van der Waals surface area contributed by atoms with Gasteiger partial charge < -0.3 is 74.6 Å². The molecular formula is C39H49NO18. The summed E-state index contributed by atoms with van der Waals surface area (Å²) in [7, 11) is 1.31. The predicted octanol–water partition coefficient (Wildman–Crippen LogP) is -0.289. The minimum absolute atomic E-state index is 0.000196. The number of phenols is 2. The zero-order valence-electron chi connectivity index (χ0n) is 32.2. The summed E-state index contributed by atoms with van der Waals surface area (Å²) in [6, 6.07) is 3.69. The molecule has 0 radical (unpaired) electrons. The number of ether oxygens (including phenoxy) is 6. The Hall–Kier alpha value is -4.12. The second kappa shape index (κ2) is 17.2. The minimum atomic E-state index is -2.11. The van der Waals surface area contributed by atoms with Crippen LogP contribution in [0.2, 0.25) is 0 Å². The lowest BCUT2D eigenvalue weighted by Crippen LogP contribution is -2.60. The maximum Gasteiger partial charge on any atom is 0.335 e. The Bertz CT molecular complexity index is 1920. The van der Waals surface area contributed by atoms with Crippen LogP contribution in [0.5, 0.6) is 17.2 Å². The molecule has 0 saturated carbocycles. The molecule has 0 bridgehead atoms. The van der Waals surface area contributed by atoms with Gasteiger partial charge in [-0.15, -0.1) is 0 Å². The molecule has 4 aliphatic rings. The van der Waals surface area contributed by atoms with E-state index in [0.29, 0.717) is 6.42 Å². The first-order valence-corrected chi connectivity index (χ1v) is 19.0. The van der Waals surface area contributed by atoms with E-state index < -0.39 is 132 Å². The van der Waals surface area contributed by atoms with Gasteiger partial charge in [0.25, 0.3) is 0 Å². The normalized spacial score (nSPS) is 32.5. The van der Waals surface area contributed by atoms with Crippen LogP contribution in [0, 0.1) is 0 Å². The number of aliphatic hydroxyl groups is 5. The summed E-state index contributed by atoms with van der Waals surface area (Å²) >= 11 is 0. The third kappa shape index (κ3) is 7.96. The van der Waals surface area contributed by atoms with Crippen molar-refractivity contribution in [2.45, 2.75) is 126 Å². The monoisotopic (exact) mass is 819 g/mol. The number of hydrogen-bond acceptors (Lipinski definition) is 18. The third-order valence-electron chi connectivity index (χ3n) is 11.2. The van der Waals surface area contributed by atoms with E-state index in [2.05, 4.69) is 5.32 Å². The number of carboxylic acid groups (broad SMARTS) is 1. The largest absolute Gasteiger partial charge is 0.507 e. The van der Waals surface area contributed by atoms with Crippen molar-refractivity contribution in [2.75, 3.05) is 20.3 Å². The Morgan fingerprint density at radius 3 is 2.34 bits per heavy atom. The molecule has 318 valence electrons. The van der Waals surface area contributed by atoms with E-state index >= 15 is 0 Å². The lowest BCUT2D eigenvalue weighted by atomic mass is 9.72. The zero-order valence-corrected chi connectivity index (χ0v) is 32.2. The highest BCUT2D eigenvalue weighted by Crippen LogP contribution is 2.52. The number of methoxy groups -OCH3 is 1. The van der Waals surface area contributed by atoms with E-state index in [4.69, 9.17) is 28.4 Å². The van der Waals surface area contributed by atoms with Crippen molar-refractivity contribution in [3.05, 3.63) is 51.6 Å². The second-order valence-corrected chi connectivity index (χ2v) is 14.9. The highest BCUT2D eigenvalue weighted by atomic mass is 16.8. The molecule has 2 aliphatic carbocycles. The van der Waals surface area contributed by atoms with Crippen LogP contribution < -0.4 is 10.1 Å². The molecule has 6 rings (SSSR count). The van der Waals surface area contributed by atoms with Crippen LogP contribution in [-0.4, -0.2) is 152 Å². The number of carbonyl (C=O) groups excluding carboxylic acids is 3. The average molecular weight is 820 g/mol. The number of phenolic OH excluding ortho intramolecular Hbond substituents is 2. The molecule has 2 saturated heterocycles. The number of aliphatic carboxylic acids is 1. The molecule has 2 aliphatic heterocycles. The quantitative estimate of drug-likeness (QED) is 0.0574. The van der Waals surface area contributed by atoms with Gasteiger partial charge in [-0.25, -0.2) is 4.79 Å². The Balaban J connectivity index is 1.19. The Labute approximate surface area is 332 Å². The second-order valence-electron chi connectivity index (χ2n) is 14.9. The van der Waals surface area contributed by atoms with Crippen LogP contribution >= 0.6 is 0 Å². The van der Waals surface area contributed by atoms with Gasteiger partial charge in [-0.2, -0.15) is 0 Å². The highest BCUT2D eigenvalue weighted by Gasteiger charge is 2.50. The van der Waals surface area contributed by atoms with Crippen LogP contribution in [0.4, 0.5) is 0 Å². The zero-order chi connectivity index (χ0) is 42.4. The molecule has 0 spiro atoms. The number of aliphatic hydroxyl groups excluding tert-OH is 4. The van der Waals surface area contributed by atoms with Crippen LogP contribution in [0.1, 0.15) is 95.5 Å². The molecule has 2 heterocycles. The number of nitrogens with one attached hydrogen (secondary N) is 1. The summed E-state index contributed by atoms with van der Waals surface area (Å²) in [5, 5.41) is 89.0. The summed E-state index contributed by atoms with van der Waals surface area (Å²) in [6.45, 7) is 4.83. The van der Waals surface area contributed by atoms with E-state index in [-0.39, 0.29) is 54.0 Å². The van der Waals surface area contributed by atoms with Crippen molar-refractivity contribution < 1.29 is 88.5 Å². The fourth-order valence-corrected chi connectivity index (χ4v) is 8.07. The smallest absolute Gasteiger partial charge is 0.335 e. The summed E-state index contributed by atoms with van der Waals surface area (Å²) in [5.41, 5.74) is -3.52. The summed E-state index contributed by atoms with van der Waals surface area (Å²) in [4.78, 5) is 52.0. The molecular weight excluding hydrogens is 770 g/mol. The number of benzene rings is 2. The maximum absolute atomic E-state index is 13.9. The van der Waals surface area contributed by atoms with Gasteiger partial charge in [0.2, 0.25) is 5.78 Å². The van der Waals surface area contributed by atoms with Crippen molar-refractivity contribution in [3.8, 4) is 17.2 Å². The molecule has 12 atom stereocenters. The van der Waals surface area contributed by atoms with Gasteiger partial charge in [0.15, 0.2) is 36.5 Å². The fourth-order valence-electron chi connectivity index (χ4n) is 8.07. The number of carbonyl (C=O) groups is 4. The van der Waals surface area contributed by atoms with E-state index in [1.807, 2.05) is 0 Å². The fraction of sp³-hybridized carbons (Fsp3) is 0.590. The molecule has 19 nitrogen and oxygen atoms in total. The van der Waals surface area contributed by atoms with Crippen molar-refractivity contribution in [3.63, 3.8) is 0 Å². The first kappa shape index (κ1) is 43.5. The van der Waals surface area contributed by atoms with Gasteiger partial charge in [0.05, 0.1) is 42.1 Å². The third-order valence-corrected chi connectivity index (χ3v) is 11.2. The van der Waals surface area contributed by atoms with Gasteiger partial charge in [0, 0.05) is 48.6 Å². The molecule has 2 aromatic carbocycles. The van der Waals surface area contributed by atoms with Crippen LogP contribution in [0.3, 0.4) is 0 Å². The molecule has 0 aromatic heterocycles. The molecule has 3 unspecified atom stereocenters. The number of Topliss-reactive ketones (excluding diaryl/α,β-unsaturated/α-hetero) is 1. The number of aromatic hydroxyl groups is 2. The van der Waals surface area contributed by atoms with Gasteiger partial charge in [-0.3, -0.25) is 14.4 Å². The van der Waals surface area contributed by atoms with Crippen molar-refractivity contribution in [1.82, 2.24) is 5.32 Å².